The van der Waals surface area contributed by atoms with Crippen molar-refractivity contribution in [1.29, 1.82) is 0 Å². The molecule has 2 nitrogen and oxygen atoms in total. The van der Waals surface area contributed by atoms with Crippen molar-refractivity contribution in [3.8, 4) is 5.75 Å². The summed E-state index contributed by atoms with van der Waals surface area (Å²) in [6, 6.07) is 6.11. The molecule has 0 radical (unpaired) electrons. The Morgan fingerprint density at radius 2 is 2.00 bits per heavy atom. The number of ether oxygens (including phenoxy) is 1. The maximum Gasteiger partial charge on any atom is 0.130 e. The predicted octanol–water partition coefficient (Wildman–Crippen LogP) is 2.86. The van der Waals surface area contributed by atoms with Crippen molar-refractivity contribution >= 4 is 10.9 Å². The molecule has 1 heterocycles. The van der Waals surface area contributed by atoms with E-state index in [-0.39, 0.29) is 0 Å². The molecule has 2 rings (SSSR count). The van der Waals surface area contributed by atoms with Crippen LogP contribution in [0.1, 0.15) is 11.1 Å². The maximum absolute atomic E-state index is 5.31. The van der Waals surface area contributed by atoms with Crippen LogP contribution < -0.4 is 4.74 Å². The molecule has 72 valence electrons. The molecule has 0 fully saturated rings. The molecular weight excluding hydrogens is 174 g/mol. The topological polar surface area (TPSA) is 22.1 Å². The highest BCUT2D eigenvalue weighted by Gasteiger charge is 2.05. The van der Waals surface area contributed by atoms with Crippen molar-refractivity contribution in [2.45, 2.75) is 13.8 Å². The van der Waals surface area contributed by atoms with Crippen LogP contribution in [0.25, 0.3) is 10.9 Å². The summed E-state index contributed by atoms with van der Waals surface area (Å²) in [5, 5.41) is 1.11. The van der Waals surface area contributed by atoms with Gasteiger partial charge in [0.1, 0.15) is 5.75 Å². The Morgan fingerprint density at radius 1 is 1.21 bits per heavy atom. The van der Waals surface area contributed by atoms with Gasteiger partial charge in [-0.05, 0) is 37.1 Å². The quantitative estimate of drug-likeness (QED) is 0.684. The molecule has 0 aliphatic carbocycles. The van der Waals surface area contributed by atoms with Crippen LogP contribution >= 0.6 is 0 Å². The van der Waals surface area contributed by atoms with E-state index in [1.54, 1.807) is 13.3 Å². The third-order valence-corrected chi connectivity index (χ3v) is 2.36. The van der Waals surface area contributed by atoms with Crippen LogP contribution in [0.4, 0.5) is 0 Å². The average molecular weight is 187 g/mol. The SMILES string of the molecule is COc1ccnc2cc(C)cc(C)c12. The normalized spacial score (nSPS) is 10.5. The Kier molecular flexibility index (Phi) is 2.12. The van der Waals surface area contributed by atoms with Crippen LogP contribution in [0.3, 0.4) is 0 Å². The van der Waals surface area contributed by atoms with Crippen molar-refractivity contribution in [2.75, 3.05) is 7.11 Å². The van der Waals surface area contributed by atoms with E-state index in [0.717, 1.165) is 16.7 Å². The zero-order valence-corrected chi connectivity index (χ0v) is 8.66. The van der Waals surface area contributed by atoms with Gasteiger partial charge >= 0.3 is 0 Å². The lowest BCUT2D eigenvalue weighted by Gasteiger charge is -2.08. The van der Waals surface area contributed by atoms with Gasteiger partial charge < -0.3 is 4.74 Å². The molecule has 0 bridgehead atoms. The van der Waals surface area contributed by atoms with Gasteiger partial charge in [0.15, 0.2) is 0 Å². The number of aryl methyl sites for hydroxylation is 2. The molecule has 0 unspecified atom stereocenters. The van der Waals surface area contributed by atoms with Gasteiger partial charge in [0.2, 0.25) is 0 Å². The van der Waals surface area contributed by atoms with Gasteiger partial charge in [-0.15, -0.1) is 0 Å². The fourth-order valence-electron chi connectivity index (χ4n) is 1.81. The first kappa shape index (κ1) is 9.00. The van der Waals surface area contributed by atoms with E-state index >= 15 is 0 Å². The second-order valence-electron chi connectivity index (χ2n) is 3.49. The van der Waals surface area contributed by atoms with Crippen LogP contribution in [0.15, 0.2) is 24.4 Å². The van der Waals surface area contributed by atoms with Crippen molar-refractivity contribution in [2.24, 2.45) is 0 Å². The highest BCUT2D eigenvalue weighted by Crippen LogP contribution is 2.27. The lowest BCUT2D eigenvalue weighted by Crippen LogP contribution is -1.90. The van der Waals surface area contributed by atoms with E-state index in [9.17, 15) is 0 Å². The van der Waals surface area contributed by atoms with Gasteiger partial charge in [0.25, 0.3) is 0 Å². The van der Waals surface area contributed by atoms with E-state index in [1.165, 1.54) is 11.1 Å². The van der Waals surface area contributed by atoms with Gasteiger partial charge in [0.05, 0.1) is 12.6 Å². The number of benzene rings is 1. The highest BCUT2D eigenvalue weighted by atomic mass is 16.5. The molecule has 0 N–H and O–H groups in total. The van der Waals surface area contributed by atoms with Gasteiger partial charge in [-0.1, -0.05) is 6.07 Å². The second-order valence-corrected chi connectivity index (χ2v) is 3.49. The summed E-state index contributed by atoms with van der Waals surface area (Å²) in [6.07, 6.45) is 1.78. The molecule has 14 heavy (non-hydrogen) atoms. The van der Waals surface area contributed by atoms with Crippen molar-refractivity contribution in [3.05, 3.63) is 35.5 Å². The molecule has 0 amide bonds. The summed E-state index contributed by atoms with van der Waals surface area (Å²) in [5.74, 6) is 0.896. The van der Waals surface area contributed by atoms with Gasteiger partial charge in [-0.25, -0.2) is 0 Å². The van der Waals surface area contributed by atoms with Crippen LogP contribution in [0.2, 0.25) is 0 Å². The first-order valence-electron chi connectivity index (χ1n) is 4.62. The van der Waals surface area contributed by atoms with E-state index in [4.69, 9.17) is 4.74 Å². The Bertz CT molecular complexity index is 477. The maximum atomic E-state index is 5.31. The summed E-state index contributed by atoms with van der Waals surface area (Å²) in [4.78, 5) is 4.33. The number of fused-ring (bicyclic) bond motifs is 1. The summed E-state index contributed by atoms with van der Waals surface area (Å²) < 4.78 is 5.31. The lowest BCUT2D eigenvalue weighted by molar-refractivity contribution is 0.419. The predicted molar refractivity (Wildman–Crippen MR) is 57.8 cm³/mol. The molecule has 0 aliphatic rings. The molecule has 0 atom stereocenters. The summed E-state index contributed by atoms with van der Waals surface area (Å²) in [7, 11) is 1.69. The van der Waals surface area contributed by atoms with E-state index in [0.29, 0.717) is 0 Å². The van der Waals surface area contributed by atoms with Gasteiger partial charge in [0, 0.05) is 11.6 Å². The number of hydrogen-bond acceptors (Lipinski definition) is 2. The summed E-state index contributed by atoms with van der Waals surface area (Å²) >= 11 is 0. The minimum Gasteiger partial charge on any atom is -0.496 e. The lowest BCUT2D eigenvalue weighted by atomic mass is 10.1. The van der Waals surface area contributed by atoms with Gasteiger partial charge in [-0.3, -0.25) is 4.98 Å². The molecular formula is C12H13NO. The summed E-state index contributed by atoms with van der Waals surface area (Å²) in [5.41, 5.74) is 3.45. The first-order valence-corrected chi connectivity index (χ1v) is 4.62. The third kappa shape index (κ3) is 1.33. The minimum absolute atomic E-state index is 0.896. The standard InChI is InChI=1S/C12H13NO/c1-8-6-9(2)12-10(7-8)13-5-4-11(12)14-3/h4-7H,1-3H3. The molecule has 1 aromatic heterocycles. The van der Waals surface area contributed by atoms with Crippen LogP contribution in [0.5, 0.6) is 5.75 Å². The second kappa shape index (κ2) is 3.29. The number of methoxy groups -OCH3 is 1. The molecule has 0 aliphatic heterocycles. The number of pyridine rings is 1. The zero-order valence-electron chi connectivity index (χ0n) is 8.66. The molecule has 1 aromatic carbocycles. The van der Waals surface area contributed by atoms with Crippen molar-refractivity contribution in [3.63, 3.8) is 0 Å². The number of rotatable bonds is 1. The molecule has 0 saturated heterocycles. The van der Waals surface area contributed by atoms with E-state index in [2.05, 4.69) is 31.0 Å². The van der Waals surface area contributed by atoms with Crippen molar-refractivity contribution in [1.82, 2.24) is 4.98 Å². The number of nitrogens with zero attached hydrogens (tertiary/aromatic N) is 1. The van der Waals surface area contributed by atoms with Crippen LogP contribution in [-0.2, 0) is 0 Å². The number of hydrogen-bond donors (Lipinski definition) is 0. The fourth-order valence-corrected chi connectivity index (χ4v) is 1.81. The molecule has 2 aromatic rings. The van der Waals surface area contributed by atoms with E-state index in [1.807, 2.05) is 6.07 Å². The molecule has 2 heteroatoms. The highest BCUT2D eigenvalue weighted by molar-refractivity contribution is 5.88. The Morgan fingerprint density at radius 3 is 2.71 bits per heavy atom. The minimum atomic E-state index is 0.896. The van der Waals surface area contributed by atoms with Crippen molar-refractivity contribution < 1.29 is 4.74 Å². The Hall–Kier alpha value is -1.57. The summed E-state index contributed by atoms with van der Waals surface area (Å²) in [6.45, 7) is 4.16. The zero-order chi connectivity index (χ0) is 10.1. The third-order valence-electron chi connectivity index (χ3n) is 2.36. The van der Waals surface area contributed by atoms with Gasteiger partial charge in [-0.2, -0.15) is 0 Å². The smallest absolute Gasteiger partial charge is 0.130 e. The Labute approximate surface area is 83.5 Å². The molecule has 0 saturated carbocycles. The fraction of sp³-hybridized carbons (Fsp3) is 0.250. The molecule has 0 spiro atoms. The average Bonchev–Trinajstić information content (AvgIpc) is 2.16. The first-order chi connectivity index (χ1) is 6.72. The number of aromatic nitrogens is 1. The van der Waals surface area contributed by atoms with Crippen LogP contribution in [0, 0.1) is 13.8 Å². The Balaban J connectivity index is 2.87. The van der Waals surface area contributed by atoms with E-state index < -0.39 is 0 Å². The largest absolute Gasteiger partial charge is 0.496 e. The van der Waals surface area contributed by atoms with Crippen LogP contribution in [-0.4, -0.2) is 12.1 Å². The monoisotopic (exact) mass is 187 g/mol.